The topological polar surface area (TPSA) is 208 Å². The van der Waals surface area contributed by atoms with Gasteiger partial charge in [-0.3, -0.25) is 33.8 Å². The van der Waals surface area contributed by atoms with E-state index in [4.69, 9.17) is 28.4 Å². The van der Waals surface area contributed by atoms with E-state index < -0.39 is 113 Å². The monoisotopic (exact) mass is 743 g/mol. The zero-order valence-electron chi connectivity index (χ0n) is 31.7. The van der Waals surface area contributed by atoms with E-state index in [9.17, 15) is 38.7 Å². The van der Waals surface area contributed by atoms with Crippen LogP contribution in [0.3, 0.4) is 0 Å². The molecule has 0 spiro atoms. The second-order valence-electron chi connectivity index (χ2n) is 14.7. The molecule has 0 saturated heterocycles. The first-order valence-electron chi connectivity index (χ1n) is 17.1. The van der Waals surface area contributed by atoms with Gasteiger partial charge in [0.05, 0.1) is 17.4 Å². The highest BCUT2D eigenvalue weighted by Crippen LogP contribution is 2.52. The molecular formula is C38H49NO14. The number of ether oxygens (including phenoxy) is 6. The Bertz CT molecular complexity index is 1650. The summed E-state index contributed by atoms with van der Waals surface area (Å²) in [6.07, 6.45) is -3.59. The Morgan fingerprint density at radius 1 is 0.868 bits per heavy atom. The maximum Gasteiger partial charge on any atom is 0.340 e. The van der Waals surface area contributed by atoms with Crippen molar-refractivity contribution in [1.82, 2.24) is 4.98 Å². The molecule has 1 N–H and O–H groups in total. The van der Waals surface area contributed by atoms with Crippen molar-refractivity contribution in [3.05, 3.63) is 54.4 Å². The number of hydrogen-bond acceptors (Lipinski definition) is 15. The van der Waals surface area contributed by atoms with Crippen LogP contribution in [0.15, 0.2) is 48.8 Å². The standard InChI is InChI=1S/C38H49NO14/c1-19(2)34(45)51-29-21(4)28(48-22(5)40)27-32(52-35(46)26-13-12-16-39-17-26)37(11,53-25(8)43)18-38(27,47)31(44)20(3)14-15-36(9,10)33(50-24(7)42)30(29)49-23(6)41/h12-17,19-20,27-30,32-33,47H,4,18H2,1-3,5-11H3. The predicted octanol–water partition coefficient (Wildman–Crippen LogP) is 3.40. The van der Waals surface area contributed by atoms with Gasteiger partial charge in [0.2, 0.25) is 0 Å². The van der Waals surface area contributed by atoms with Crippen LogP contribution in [0.25, 0.3) is 0 Å². The minimum absolute atomic E-state index is 0.0446. The average Bonchev–Trinajstić information content (AvgIpc) is 3.26. The molecule has 3 rings (SSSR count). The first-order valence-corrected chi connectivity index (χ1v) is 17.1. The molecule has 1 aromatic heterocycles. The van der Waals surface area contributed by atoms with E-state index in [0.717, 1.165) is 27.7 Å². The summed E-state index contributed by atoms with van der Waals surface area (Å²) in [5.74, 6) is -9.90. The molecule has 0 radical (unpaired) electrons. The summed E-state index contributed by atoms with van der Waals surface area (Å²) < 4.78 is 35.0. The molecular weight excluding hydrogens is 694 g/mol. The fraction of sp³-hybridized carbons (Fsp3) is 0.579. The Labute approximate surface area is 308 Å². The molecule has 15 heteroatoms. The molecule has 0 amide bonds. The van der Waals surface area contributed by atoms with Crippen molar-refractivity contribution in [3.63, 3.8) is 0 Å². The number of ketones is 1. The molecule has 53 heavy (non-hydrogen) atoms. The number of nitrogens with zero attached hydrogens (tertiary/aromatic N) is 1. The van der Waals surface area contributed by atoms with Gasteiger partial charge in [-0.1, -0.05) is 53.3 Å². The normalized spacial score (nSPS) is 31.2. The molecule has 9 unspecified atom stereocenters. The Morgan fingerprint density at radius 2 is 1.47 bits per heavy atom. The number of fused-ring (bicyclic) bond motifs is 1. The third-order valence-electron chi connectivity index (χ3n) is 9.25. The largest absolute Gasteiger partial charge is 0.458 e. The lowest BCUT2D eigenvalue weighted by atomic mass is 9.72. The van der Waals surface area contributed by atoms with E-state index in [-0.39, 0.29) is 11.1 Å². The molecule has 2 aliphatic rings. The molecule has 2 aliphatic carbocycles. The number of aliphatic hydroxyl groups is 1. The Morgan fingerprint density at radius 3 is 1.98 bits per heavy atom. The lowest BCUT2D eigenvalue weighted by molar-refractivity contribution is -0.193. The predicted molar refractivity (Wildman–Crippen MR) is 184 cm³/mol. The number of pyridine rings is 1. The van der Waals surface area contributed by atoms with Gasteiger partial charge in [0.1, 0.15) is 17.3 Å². The number of hydrogen-bond donors (Lipinski definition) is 1. The highest BCUT2D eigenvalue weighted by molar-refractivity contribution is 5.93. The summed E-state index contributed by atoms with van der Waals surface area (Å²) in [5.41, 5.74) is -6.21. The summed E-state index contributed by atoms with van der Waals surface area (Å²) in [7, 11) is 0. The molecule has 290 valence electrons. The van der Waals surface area contributed by atoms with Gasteiger partial charge in [-0.25, -0.2) is 4.79 Å². The van der Waals surface area contributed by atoms with Gasteiger partial charge in [0.25, 0.3) is 0 Å². The van der Waals surface area contributed by atoms with Crippen LogP contribution in [0.4, 0.5) is 0 Å². The third kappa shape index (κ3) is 9.55. The molecule has 1 saturated carbocycles. The van der Waals surface area contributed by atoms with Crippen molar-refractivity contribution in [2.75, 3.05) is 0 Å². The summed E-state index contributed by atoms with van der Waals surface area (Å²) in [6.45, 7) is 17.5. The van der Waals surface area contributed by atoms with E-state index in [1.807, 2.05) is 0 Å². The lowest BCUT2D eigenvalue weighted by Gasteiger charge is -2.44. The summed E-state index contributed by atoms with van der Waals surface area (Å²) >= 11 is 0. The van der Waals surface area contributed by atoms with Crippen molar-refractivity contribution in [2.24, 2.45) is 23.2 Å². The SMILES string of the molecule is C=C1C(OC(=O)C(C)C)C(OC(C)=O)C(OC(C)=O)C(C)(C)C=CC(C)C(=O)C2(O)CC(C)(OC(C)=O)C(OC(=O)c3cccnc3)C2C1OC(C)=O. The van der Waals surface area contributed by atoms with Crippen LogP contribution in [0, 0.1) is 23.2 Å². The number of esters is 6. The van der Waals surface area contributed by atoms with Crippen molar-refractivity contribution in [3.8, 4) is 0 Å². The summed E-state index contributed by atoms with van der Waals surface area (Å²) in [4.78, 5) is 96.5. The molecule has 9 atom stereocenters. The number of aromatic nitrogens is 1. The first kappa shape index (κ1) is 42.5. The van der Waals surface area contributed by atoms with Crippen LogP contribution < -0.4 is 0 Å². The molecule has 0 aromatic carbocycles. The molecule has 1 aromatic rings. The van der Waals surface area contributed by atoms with Crippen LogP contribution in [0.2, 0.25) is 0 Å². The number of carbonyl (C=O) groups is 7. The van der Waals surface area contributed by atoms with Crippen LogP contribution in [-0.2, 0) is 57.2 Å². The zero-order chi connectivity index (χ0) is 40.2. The van der Waals surface area contributed by atoms with Gasteiger partial charge in [-0.2, -0.15) is 0 Å². The molecule has 15 nitrogen and oxygen atoms in total. The third-order valence-corrected chi connectivity index (χ3v) is 9.25. The molecule has 1 fully saturated rings. The fourth-order valence-corrected chi connectivity index (χ4v) is 6.93. The second kappa shape index (κ2) is 16.4. The summed E-state index contributed by atoms with van der Waals surface area (Å²) in [5, 5.41) is 12.7. The van der Waals surface area contributed by atoms with E-state index in [2.05, 4.69) is 11.6 Å². The Hall–Kier alpha value is -4.92. The highest BCUT2D eigenvalue weighted by atomic mass is 16.6. The Balaban J connectivity index is 2.51. The minimum Gasteiger partial charge on any atom is -0.458 e. The molecule has 0 aliphatic heterocycles. The smallest absolute Gasteiger partial charge is 0.340 e. The van der Waals surface area contributed by atoms with Crippen LogP contribution >= 0.6 is 0 Å². The number of Topliss-reactive ketones (excluding diaryl/α,β-unsaturated/α-hetero) is 1. The van der Waals surface area contributed by atoms with Crippen molar-refractivity contribution >= 4 is 41.6 Å². The molecule has 1 heterocycles. The second-order valence-corrected chi connectivity index (χ2v) is 14.7. The number of allylic oxidation sites excluding steroid dienone is 1. The minimum atomic E-state index is -2.60. The van der Waals surface area contributed by atoms with Gasteiger partial charge in [-0.15, -0.1) is 0 Å². The van der Waals surface area contributed by atoms with Gasteiger partial charge >= 0.3 is 35.8 Å². The Kier molecular flexibility index (Phi) is 13.1. The lowest BCUT2D eigenvalue weighted by Crippen LogP contribution is -2.58. The van der Waals surface area contributed by atoms with Crippen molar-refractivity contribution in [1.29, 1.82) is 0 Å². The van der Waals surface area contributed by atoms with Crippen LogP contribution in [-0.4, -0.2) is 93.4 Å². The van der Waals surface area contributed by atoms with E-state index >= 15 is 0 Å². The quantitative estimate of drug-likeness (QED) is 0.230. The van der Waals surface area contributed by atoms with Crippen molar-refractivity contribution < 1.29 is 67.1 Å². The van der Waals surface area contributed by atoms with Crippen molar-refractivity contribution in [2.45, 2.75) is 117 Å². The highest BCUT2D eigenvalue weighted by Gasteiger charge is 2.69. The van der Waals surface area contributed by atoms with Crippen LogP contribution in [0.1, 0.15) is 86.0 Å². The van der Waals surface area contributed by atoms with Crippen LogP contribution in [0.5, 0.6) is 0 Å². The van der Waals surface area contributed by atoms with Gasteiger partial charge in [-0.05, 0) is 19.1 Å². The van der Waals surface area contributed by atoms with Gasteiger partial charge in [0.15, 0.2) is 30.2 Å². The van der Waals surface area contributed by atoms with E-state index in [1.165, 1.54) is 64.4 Å². The maximum absolute atomic E-state index is 14.6. The zero-order valence-corrected chi connectivity index (χ0v) is 31.7. The first-order chi connectivity index (χ1) is 24.4. The van der Waals surface area contributed by atoms with E-state index in [1.54, 1.807) is 13.8 Å². The van der Waals surface area contributed by atoms with E-state index in [0.29, 0.717) is 0 Å². The fourth-order valence-electron chi connectivity index (χ4n) is 6.93. The number of rotatable bonds is 8. The summed E-state index contributed by atoms with van der Waals surface area (Å²) in [6, 6.07) is 2.86. The molecule has 0 bridgehead atoms. The van der Waals surface area contributed by atoms with Gasteiger partial charge in [0, 0.05) is 63.4 Å². The maximum atomic E-state index is 14.6. The van der Waals surface area contributed by atoms with Gasteiger partial charge < -0.3 is 33.5 Å². The number of carbonyl (C=O) groups excluding carboxylic acids is 7. The average molecular weight is 744 g/mol.